The van der Waals surface area contributed by atoms with Gasteiger partial charge in [0, 0.05) is 25.6 Å². The van der Waals surface area contributed by atoms with Crippen LogP contribution < -0.4 is 11.1 Å². The third kappa shape index (κ3) is 4.03. The zero-order valence-corrected chi connectivity index (χ0v) is 17.6. The quantitative estimate of drug-likeness (QED) is 0.743. The molecule has 4 unspecified atom stereocenters. The maximum absolute atomic E-state index is 12.6. The van der Waals surface area contributed by atoms with Crippen molar-refractivity contribution < 1.29 is 23.9 Å². The average Bonchev–Trinajstić information content (AvgIpc) is 2.54. The van der Waals surface area contributed by atoms with Crippen LogP contribution in [0.25, 0.3) is 0 Å². The Morgan fingerprint density at radius 1 is 1.10 bits per heavy atom. The van der Waals surface area contributed by atoms with Crippen LogP contribution in [0.2, 0.25) is 0 Å². The molecule has 162 valence electrons. The van der Waals surface area contributed by atoms with Crippen molar-refractivity contribution in [3.05, 3.63) is 0 Å². The summed E-state index contributed by atoms with van der Waals surface area (Å²) in [5.74, 6) is 1.09. The monoisotopic (exact) mass is 407 g/mol. The van der Waals surface area contributed by atoms with Crippen molar-refractivity contribution in [1.29, 1.82) is 0 Å². The Hall–Kier alpha value is -1.99. The molecule has 0 aromatic carbocycles. The van der Waals surface area contributed by atoms with Gasteiger partial charge in [0.05, 0.1) is 5.41 Å². The van der Waals surface area contributed by atoms with Gasteiger partial charge < -0.3 is 25.4 Å². The third-order valence-electron chi connectivity index (χ3n) is 7.10. The number of carbonyl (C=O) groups excluding carboxylic acids is 3. The molecule has 3 N–H and O–H groups in total. The lowest BCUT2D eigenvalue weighted by Crippen LogP contribution is -2.60. The van der Waals surface area contributed by atoms with Crippen LogP contribution in [0.15, 0.2) is 0 Å². The van der Waals surface area contributed by atoms with Gasteiger partial charge in [-0.2, -0.15) is 0 Å². The summed E-state index contributed by atoms with van der Waals surface area (Å²) in [4.78, 5) is 38.1. The smallest absolute Gasteiger partial charge is 0.410 e. The van der Waals surface area contributed by atoms with E-state index in [0.29, 0.717) is 25.6 Å². The zero-order chi connectivity index (χ0) is 21.0. The first-order valence-electron chi connectivity index (χ1n) is 10.8. The number of nitrogens with two attached hydrogens (primary N) is 1. The van der Waals surface area contributed by atoms with Crippen LogP contribution in [0, 0.1) is 29.1 Å². The molecule has 1 aliphatic heterocycles. The highest BCUT2D eigenvalue weighted by molar-refractivity contribution is 5.81. The maximum atomic E-state index is 12.6. The van der Waals surface area contributed by atoms with Crippen molar-refractivity contribution in [2.24, 2.45) is 34.8 Å². The van der Waals surface area contributed by atoms with E-state index in [1.54, 1.807) is 4.90 Å². The Kier molecular flexibility index (Phi) is 4.94. The van der Waals surface area contributed by atoms with Crippen molar-refractivity contribution in [1.82, 2.24) is 10.2 Å². The lowest BCUT2D eigenvalue weighted by Gasteiger charge is -2.58. The molecule has 1 saturated heterocycles. The molecule has 5 rings (SSSR count). The number of carbonyl (C=O) groups is 3. The van der Waals surface area contributed by atoms with Crippen molar-refractivity contribution in [2.75, 3.05) is 19.6 Å². The van der Waals surface area contributed by atoms with Crippen LogP contribution in [-0.4, -0.2) is 54.3 Å². The standard InChI is InChI=1S/C21H33N3O5/c1-20(2,3)29-18(26)23-9-13-10-24(11-13)19(27)28-16-14-4-12-5-15(16)8-21(6-12,7-14)17(22)25/h12-16H,4-11H2,1-3H3,(H2,22,25)(H,23,26)/t12?,14-,15?,16?,21?/m1/s1. The van der Waals surface area contributed by atoms with Gasteiger partial charge in [0.25, 0.3) is 0 Å². The molecule has 0 spiro atoms. The van der Waals surface area contributed by atoms with Crippen LogP contribution in [-0.2, 0) is 14.3 Å². The number of amides is 3. The number of ether oxygens (including phenoxy) is 2. The Bertz CT molecular complexity index is 681. The Balaban J connectivity index is 1.23. The minimum Gasteiger partial charge on any atom is -0.446 e. The van der Waals surface area contributed by atoms with Gasteiger partial charge in [-0.15, -0.1) is 0 Å². The molecule has 29 heavy (non-hydrogen) atoms. The number of nitrogens with zero attached hydrogens (tertiary/aromatic N) is 1. The average molecular weight is 408 g/mol. The highest BCUT2D eigenvalue weighted by atomic mass is 16.6. The normalized spacial score (nSPS) is 35.8. The van der Waals surface area contributed by atoms with Gasteiger partial charge in [-0.1, -0.05) is 0 Å². The Labute approximate surface area is 171 Å². The van der Waals surface area contributed by atoms with E-state index in [9.17, 15) is 14.4 Å². The number of rotatable bonds is 4. The molecule has 4 bridgehead atoms. The van der Waals surface area contributed by atoms with E-state index in [1.807, 2.05) is 20.8 Å². The van der Waals surface area contributed by atoms with E-state index in [-0.39, 0.29) is 41.3 Å². The summed E-state index contributed by atoms with van der Waals surface area (Å²) in [5, 5.41) is 2.76. The number of alkyl carbamates (subject to hydrolysis) is 1. The van der Waals surface area contributed by atoms with E-state index in [2.05, 4.69) is 5.32 Å². The fourth-order valence-electron chi connectivity index (χ4n) is 6.05. The molecule has 4 saturated carbocycles. The van der Waals surface area contributed by atoms with Crippen LogP contribution >= 0.6 is 0 Å². The summed E-state index contributed by atoms with van der Waals surface area (Å²) >= 11 is 0. The molecule has 5 atom stereocenters. The molecule has 5 fully saturated rings. The molecular weight excluding hydrogens is 374 g/mol. The fraction of sp³-hybridized carbons (Fsp3) is 0.857. The molecular formula is C21H33N3O5. The Morgan fingerprint density at radius 3 is 2.28 bits per heavy atom. The largest absolute Gasteiger partial charge is 0.446 e. The molecule has 8 nitrogen and oxygen atoms in total. The lowest BCUT2D eigenvalue weighted by molar-refractivity contribution is -0.162. The molecule has 8 heteroatoms. The first kappa shape index (κ1) is 20.3. The van der Waals surface area contributed by atoms with Gasteiger partial charge in [0.1, 0.15) is 11.7 Å². The molecule has 3 amide bonds. The van der Waals surface area contributed by atoms with Gasteiger partial charge >= 0.3 is 12.2 Å². The lowest BCUT2D eigenvalue weighted by atomic mass is 9.48. The van der Waals surface area contributed by atoms with Crippen molar-refractivity contribution in [3.8, 4) is 0 Å². The van der Waals surface area contributed by atoms with Crippen molar-refractivity contribution >= 4 is 18.1 Å². The summed E-state index contributed by atoms with van der Waals surface area (Å²) in [5.41, 5.74) is 4.83. The number of nitrogens with one attached hydrogen (secondary N) is 1. The van der Waals surface area contributed by atoms with E-state index in [1.165, 1.54) is 0 Å². The van der Waals surface area contributed by atoms with Gasteiger partial charge in [-0.25, -0.2) is 9.59 Å². The van der Waals surface area contributed by atoms with Gasteiger partial charge in [0.2, 0.25) is 5.91 Å². The zero-order valence-electron chi connectivity index (χ0n) is 17.6. The first-order chi connectivity index (χ1) is 13.5. The summed E-state index contributed by atoms with van der Waals surface area (Å²) < 4.78 is 11.1. The van der Waals surface area contributed by atoms with Gasteiger partial charge in [-0.05, 0) is 70.6 Å². The molecule has 0 radical (unpaired) electrons. The van der Waals surface area contributed by atoms with Gasteiger partial charge in [0.15, 0.2) is 0 Å². The topological polar surface area (TPSA) is 111 Å². The summed E-state index contributed by atoms with van der Waals surface area (Å²) in [6.07, 6.45) is 3.70. The maximum Gasteiger partial charge on any atom is 0.410 e. The second-order valence-corrected chi connectivity index (χ2v) is 10.6. The molecule has 1 heterocycles. The van der Waals surface area contributed by atoms with Crippen LogP contribution in [0.3, 0.4) is 0 Å². The van der Waals surface area contributed by atoms with Crippen LogP contribution in [0.4, 0.5) is 9.59 Å². The van der Waals surface area contributed by atoms with Crippen LogP contribution in [0.1, 0.15) is 52.9 Å². The Morgan fingerprint density at radius 2 is 1.72 bits per heavy atom. The first-order valence-corrected chi connectivity index (χ1v) is 10.8. The summed E-state index contributed by atoms with van der Waals surface area (Å²) in [6.45, 7) is 7.10. The highest BCUT2D eigenvalue weighted by Crippen LogP contribution is 2.60. The number of hydrogen-bond acceptors (Lipinski definition) is 5. The second kappa shape index (κ2) is 7.06. The van der Waals surface area contributed by atoms with Crippen molar-refractivity contribution in [3.63, 3.8) is 0 Å². The summed E-state index contributed by atoms with van der Waals surface area (Å²) in [7, 11) is 0. The minimum absolute atomic E-state index is 0.0922. The molecule has 0 aromatic heterocycles. The number of hydrogen-bond donors (Lipinski definition) is 2. The number of primary amides is 1. The fourth-order valence-corrected chi connectivity index (χ4v) is 6.05. The minimum atomic E-state index is -0.523. The van der Waals surface area contributed by atoms with E-state index < -0.39 is 11.7 Å². The summed E-state index contributed by atoms with van der Waals surface area (Å²) in [6, 6.07) is 0. The predicted octanol–water partition coefficient (Wildman–Crippen LogP) is 2.26. The van der Waals surface area contributed by atoms with E-state index in [4.69, 9.17) is 15.2 Å². The predicted molar refractivity (Wildman–Crippen MR) is 105 cm³/mol. The van der Waals surface area contributed by atoms with Crippen LogP contribution in [0.5, 0.6) is 0 Å². The molecule has 5 aliphatic rings. The number of likely N-dealkylation sites (tertiary alicyclic amines) is 1. The highest BCUT2D eigenvalue weighted by Gasteiger charge is 2.59. The molecule has 4 aliphatic carbocycles. The van der Waals surface area contributed by atoms with E-state index >= 15 is 0 Å². The SMILES string of the molecule is CC(C)(C)OC(=O)NCC1CN(C(=O)OC2C3CC4C[C@@H]2CC(C(N)=O)(C4)C3)C1. The van der Waals surface area contributed by atoms with E-state index in [0.717, 1.165) is 32.1 Å². The third-order valence-corrected chi connectivity index (χ3v) is 7.10. The molecule has 0 aromatic rings. The van der Waals surface area contributed by atoms with Crippen molar-refractivity contribution in [2.45, 2.75) is 64.6 Å². The second-order valence-electron chi connectivity index (χ2n) is 10.6. The van der Waals surface area contributed by atoms with Gasteiger partial charge in [-0.3, -0.25) is 4.79 Å².